The Labute approximate surface area is 220 Å². The number of nitrogens with zero attached hydrogens (tertiary/aromatic N) is 1. The van der Waals surface area contributed by atoms with E-state index >= 15 is 4.39 Å². The lowest BCUT2D eigenvalue weighted by atomic mass is 9.96. The number of hydrogen-bond acceptors (Lipinski definition) is 5. The van der Waals surface area contributed by atoms with Crippen molar-refractivity contribution in [3.63, 3.8) is 0 Å². The molecule has 6 nitrogen and oxygen atoms in total. The van der Waals surface area contributed by atoms with E-state index in [9.17, 15) is 9.59 Å². The zero-order chi connectivity index (χ0) is 26.8. The number of unbranched alkanes of at least 4 members (excludes halogenated alkanes) is 1. The Morgan fingerprint density at radius 1 is 1.05 bits per heavy atom. The molecule has 0 radical (unpaired) electrons. The Balaban J connectivity index is 1.71. The van der Waals surface area contributed by atoms with E-state index in [4.69, 9.17) is 9.47 Å². The average Bonchev–Trinajstić information content (AvgIpc) is 2.88. The van der Waals surface area contributed by atoms with Gasteiger partial charge in [0.05, 0.1) is 24.8 Å². The van der Waals surface area contributed by atoms with Crippen molar-refractivity contribution in [2.24, 2.45) is 0 Å². The Bertz CT molecular complexity index is 1030. The molecule has 1 heterocycles. The van der Waals surface area contributed by atoms with Gasteiger partial charge in [0.15, 0.2) is 5.60 Å². The number of amides is 1. The number of rotatable bonds is 12. The summed E-state index contributed by atoms with van der Waals surface area (Å²) in [4.78, 5) is 27.3. The van der Waals surface area contributed by atoms with Crippen LogP contribution in [0.3, 0.4) is 0 Å². The van der Waals surface area contributed by atoms with Crippen LogP contribution in [-0.2, 0) is 20.7 Å². The summed E-state index contributed by atoms with van der Waals surface area (Å²) in [5.41, 5.74) is 1.20. The Kier molecular flexibility index (Phi) is 10.4. The number of ether oxygens (including phenoxy) is 2. The van der Waals surface area contributed by atoms with Gasteiger partial charge in [-0.25, -0.2) is 9.18 Å². The molecule has 1 amide bonds. The van der Waals surface area contributed by atoms with Crippen molar-refractivity contribution < 1.29 is 23.5 Å². The fourth-order valence-electron chi connectivity index (χ4n) is 4.73. The molecule has 1 saturated heterocycles. The average molecular weight is 513 g/mol. The molecule has 2 aromatic carbocycles. The van der Waals surface area contributed by atoms with E-state index in [0.717, 1.165) is 56.3 Å². The second kappa shape index (κ2) is 13.5. The highest BCUT2D eigenvalue weighted by atomic mass is 19.1. The summed E-state index contributed by atoms with van der Waals surface area (Å²) >= 11 is 0. The molecule has 7 heteroatoms. The quantitative estimate of drug-likeness (QED) is 0.347. The fourth-order valence-corrected chi connectivity index (χ4v) is 4.73. The molecule has 0 spiro atoms. The normalized spacial score (nSPS) is 14.7. The van der Waals surface area contributed by atoms with Crippen LogP contribution in [0.15, 0.2) is 42.5 Å². The van der Waals surface area contributed by atoms with Crippen LogP contribution in [0, 0.1) is 5.82 Å². The maximum atomic E-state index is 15.1. The highest BCUT2D eigenvalue weighted by molar-refractivity contribution is 5.80. The number of halogens is 1. The van der Waals surface area contributed by atoms with Crippen LogP contribution in [0.25, 0.3) is 0 Å². The minimum Gasteiger partial charge on any atom is -0.476 e. The van der Waals surface area contributed by atoms with E-state index in [-0.39, 0.29) is 30.8 Å². The first kappa shape index (κ1) is 28.5. The lowest BCUT2D eigenvalue weighted by molar-refractivity contribution is -0.158. The lowest BCUT2D eigenvalue weighted by Crippen LogP contribution is -2.39. The highest BCUT2D eigenvalue weighted by Gasteiger charge is 2.31. The minimum absolute atomic E-state index is 0.115. The van der Waals surface area contributed by atoms with Gasteiger partial charge in [0, 0.05) is 18.7 Å². The van der Waals surface area contributed by atoms with Crippen molar-refractivity contribution in [1.82, 2.24) is 5.32 Å². The molecule has 3 rings (SSSR count). The summed E-state index contributed by atoms with van der Waals surface area (Å²) in [6.45, 7) is 9.15. The Morgan fingerprint density at radius 3 is 2.41 bits per heavy atom. The topological polar surface area (TPSA) is 67.9 Å². The van der Waals surface area contributed by atoms with Crippen molar-refractivity contribution in [2.75, 3.05) is 24.6 Å². The van der Waals surface area contributed by atoms with Gasteiger partial charge in [-0.15, -0.1) is 0 Å². The number of carbonyl (C=O) groups is 2. The molecule has 0 aliphatic carbocycles. The van der Waals surface area contributed by atoms with Crippen LogP contribution in [0.1, 0.15) is 83.4 Å². The standard InChI is InChI=1S/C30H41FN2O4/c1-5-7-14-26(24-12-11-13-25(31)28(24)33-19-9-8-10-20-33)32-27(34)21-22-15-17-23(18-16-22)37-30(3,4)29(35)36-6-2/h11-13,15-18,26H,5-10,14,19-21H2,1-4H3,(H,32,34). The van der Waals surface area contributed by atoms with Gasteiger partial charge in [-0.2, -0.15) is 0 Å². The maximum Gasteiger partial charge on any atom is 0.349 e. The molecule has 202 valence electrons. The van der Waals surface area contributed by atoms with Gasteiger partial charge < -0.3 is 19.7 Å². The molecule has 1 aliphatic heterocycles. The predicted molar refractivity (Wildman–Crippen MR) is 144 cm³/mol. The molecule has 1 N–H and O–H groups in total. The number of piperidine rings is 1. The Hall–Kier alpha value is -3.09. The van der Waals surface area contributed by atoms with Crippen LogP contribution < -0.4 is 15.0 Å². The van der Waals surface area contributed by atoms with Crippen LogP contribution in [0.2, 0.25) is 0 Å². The second-order valence-electron chi connectivity index (χ2n) is 10.1. The van der Waals surface area contributed by atoms with Gasteiger partial charge in [-0.05, 0) is 70.2 Å². The van der Waals surface area contributed by atoms with Gasteiger partial charge in [-0.1, -0.05) is 44.0 Å². The second-order valence-corrected chi connectivity index (χ2v) is 10.1. The molecular formula is C30H41FN2O4. The summed E-state index contributed by atoms with van der Waals surface area (Å²) < 4.78 is 25.9. The monoisotopic (exact) mass is 512 g/mol. The van der Waals surface area contributed by atoms with Gasteiger partial charge in [0.1, 0.15) is 11.6 Å². The maximum absolute atomic E-state index is 15.1. The summed E-state index contributed by atoms with van der Waals surface area (Å²) in [5.74, 6) is -0.251. The number of anilines is 1. The number of benzene rings is 2. The van der Waals surface area contributed by atoms with E-state index in [1.165, 1.54) is 12.5 Å². The van der Waals surface area contributed by atoms with E-state index in [1.807, 2.05) is 18.2 Å². The molecule has 1 aliphatic rings. The van der Waals surface area contributed by atoms with Crippen molar-refractivity contribution >= 4 is 17.6 Å². The molecule has 0 bridgehead atoms. The van der Waals surface area contributed by atoms with Gasteiger partial charge in [0.25, 0.3) is 0 Å². The minimum atomic E-state index is -1.11. The first-order chi connectivity index (χ1) is 17.7. The number of carbonyl (C=O) groups excluding carboxylic acids is 2. The third kappa shape index (κ3) is 7.94. The molecule has 1 unspecified atom stereocenters. The predicted octanol–water partition coefficient (Wildman–Crippen LogP) is 6.13. The zero-order valence-electron chi connectivity index (χ0n) is 22.6. The summed E-state index contributed by atoms with van der Waals surface area (Å²) in [5, 5.41) is 3.18. The van der Waals surface area contributed by atoms with Crippen LogP contribution in [-0.4, -0.2) is 37.2 Å². The summed E-state index contributed by atoms with van der Waals surface area (Å²) in [6, 6.07) is 12.1. The molecule has 37 heavy (non-hydrogen) atoms. The molecule has 1 atom stereocenters. The first-order valence-corrected chi connectivity index (χ1v) is 13.5. The molecular weight excluding hydrogens is 471 g/mol. The van der Waals surface area contributed by atoms with E-state index in [1.54, 1.807) is 39.0 Å². The number of nitrogens with one attached hydrogen (secondary N) is 1. The van der Waals surface area contributed by atoms with Gasteiger partial charge in [0.2, 0.25) is 5.91 Å². The van der Waals surface area contributed by atoms with Crippen LogP contribution in [0.5, 0.6) is 5.75 Å². The third-order valence-corrected chi connectivity index (χ3v) is 6.68. The smallest absolute Gasteiger partial charge is 0.349 e. The zero-order valence-corrected chi connectivity index (χ0v) is 22.6. The summed E-state index contributed by atoms with van der Waals surface area (Å²) in [7, 11) is 0. The summed E-state index contributed by atoms with van der Waals surface area (Å²) in [6.07, 6.45) is 6.14. The third-order valence-electron chi connectivity index (χ3n) is 6.68. The Morgan fingerprint density at radius 2 is 1.76 bits per heavy atom. The lowest BCUT2D eigenvalue weighted by Gasteiger charge is -2.33. The van der Waals surface area contributed by atoms with Gasteiger partial charge >= 0.3 is 5.97 Å². The SMILES string of the molecule is CCCCC(NC(=O)Cc1ccc(OC(C)(C)C(=O)OCC)cc1)c1cccc(F)c1N1CCCCC1. The van der Waals surface area contributed by atoms with Crippen molar-refractivity contribution in [2.45, 2.75) is 84.3 Å². The van der Waals surface area contributed by atoms with E-state index < -0.39 is 11.6 Å². The number of esters is 1. The van der Waals surface area contributed by atoms with Crippen molar-refractivity contribution in [1.29, 1.82) is 0 Å². The molecule has 0 saturated carbocycles. The van der Waals surface area contributed by atoms with Crippen molar-refractivity contribution in [3.05, 3.63) is 59.4 Å². The number of para-hydroxylation sites is 1. The first-order valence-electron chi connectivity index (χ1n) is 13.5. The molecule has 2 aromatic rings. The van der Waals surface area contributed by atoms with Gasteiger partial charge in [-0.3, -0.25) is 4.79 Å². The molecule has 0 aromatic heterocycles. The van der Waals surface area contributed by atoms with Crippen LogP contribution in [0.4, 0.5) is 10.1 Å². The fraction of sp³-hybridized carbons (Fsp3) is 0.533. The van der Waals surface area contributed by atoms with E-state index in [0.29, 0.717) is 11.4 Å². The van der Waals surface area contributed by atoms with E-state index in [2.05, 4.69) is 17.1 Å². The largest absolute Gasteiger partial charge is 0.476 e. The highest BCUT2D eigenvalue weighted by Crippen LogP contribution is 2.34. The van der Waals surface area contributed by atoms with Crippen molar-refractivity contribution in [3.8, 4) is 5.75 Å². The number of hydrogen-bond donors (Lipinski definition) is 1. The van der Waals surface area contributed by atoms with Crippen LogP contribution >= 0.6 is 0 Å². The molecule has 1 fully saturated rings.